The molecule has 0 amide bonds. The van der Waals surface area contributed by atoms with Gasteiger partial charge in [0.15, 0.2) is 0 Å². The zero-order valence-electron chi connectivity index (χ0n) is 21.9. The normalized spacial score (nSPS) is 14.2. The predicted octanol–water partition coefficient (Wildman–Crippen LogP) is 6.78. The Hall–Kier alpha value is -4.66. The average molecular weight is 537 g/mol. The van der Waals surface area contributed by atoms with Crippen molar-refractivity contribution >= 4 is 44.9 Å². The maximum Gasteiger partial charge on any atom is 0.341 e. The van der Waals surface area contributed by atoms with E-state index in [9.17, 15) is 4.79 Å². The molecule has 0 atom stereocenters. The van der Waals surface area contributed by atoms with E-state index < -0.39 is 5.97 Å². The van der Waals surface area contributed by atoms with Crippen LogP contribution < -0.4 is 4.90 Å². The van der Waals surface area contributed by atoms with E-state index in [-0.39, 0.29) is 6.61 Å². The van der Waals surface area contributed by atoms with E-state index in [2.05, 4.69) is 12.1 Å². The highest BCUT2D eigenvalue weighted by Gasteiger charge is 2.23. The molecule has 0 bridgehead atoms. The maximum atomic E-state index is 13.1. The van der Waals surface area contributed by atoms with E-state index in [0.29, 0.717) is 53.6 Å². The van der Waals surface area contributed by atoms with Crippen LogP contribution in [0.25, 0.3) is 21.9 Å². The molecule has 0 fully saturated rings. The number of thiazole rings is 1. The van der Waals surface area contributed by atoms with Crippen molar-refractivity contribution < 1.29 is 14.3 Å². The molecular weight excluding hydrogens is 508 g/mol. The maximum absolute atomic E-state index is 13.1. The lowest BCUT2D eigenvalue weighted by molar-refractivity contribution is -0.136. The topological polar surface area (TPSA) is 99.2 Å². The second-order valence-corrected chi connectivity index (χ2v) is 9.70. The summed E-state index contributed by atoms with van der Waals surface area (Å²) in [4.78, 5) is 19.8. The minimum Gasteiger partial charge on any atom is -0.462 e. The molecule has 0 unspecified atom stereocenters. The first-order valence-corrected chi connectivity index (χ1v) is 13.5. The number of aromatic nitrogens is 1. The van der Waals surface area contributed by atoms with Gasteiger partial charge in [0.2, 0.25) is 0 Å². The number of hydrogen-bond donors (Lipinski definition) is 0. The number of para-hydroxylation sites is 1. The molecule has 4 rings (SSSR count). The zero-order valence-corrected chi connectivity index (χ0v) is 22.7. The number of benzene rings is 2. The molecule has 0 N–H and O–H groups in total. The van der Waals surface area contributed by atoms with E-state index in [1.807, 2.05) is 84.7 Å². The summed E-state index contributed by atoms with van der Waals surface area (Å²) in [6.45, 7) is 5.04. The van der Waals surface area contributed by atoms with Crippen LogP contribution in [0.4, 0.5) is 5.69 Å². The summed E-state index contributed by atoms with van der Waals surface area (Å²) >= 11 is 1.45. The molecule has 1 aliphatic rings. The van der Waals surface area contributed by atoms with Gasteiger partial charge in [0, 0.05) is 18.8 Å². The lowest BCUT2D eigenvalue weighted by Gasteiger charge is -2.22. The van der Waals surface area contributed by atoms with Gasteiger partial charge >= 0.3 is 5.97 Å². The molecule has 39 heavy (non-hydrogen) atoms. The highest BCUT2D eigenvalue weighted by molar-refractivity contribution is 7.19. The largest absolute Gasteiger partial charge is 0.462 e. The minimum atomic E-state index is -0.426. The summed E-state index contributed by atoms with van der Waals surface area (Å²) in [7, 11) is 0. The quantitative estimate of drug-likeness (QED) is 0.208. The van der Waals surface area contributed by atoms with Crippen molar-refractivity contribution in [3.05, 3.63) is 94.4 Å². The Balaban J connectivity index is 1.62. The Morgan fingerprint density at radius 2 is 1.77 bits per heavy atom. The first-order valence-electron chi connectivity index (χ1n) is 12.6. The van der Waals surface area contributed by atoms with Crippen LogP contribution in [-0.2, 0) is 14.3 Å². The van der Waals surface area contributed by atoms with Crippen LogP contribution in [0.5, 0.6) is 0 Å². The van der Waals surface area contributed by atoms with Crippen LogP contribution in [0, 0.1) is 22.7 Å². The van der Waals surface area contributed by atoms with E-state index in [4.69, 9.17) is 25.0 Å². The Labute approximate surface area is 232 Å². The first-order chi connectivity index (χ1) is 19.0. The number of allylic oxidation sites excluding steroid dienone is 5. The molecule has 0 radical (unpaired) electrons. The van der Waals surface area contributed by atoms with Gasteiger partial charge in [-0.25, -0.2) is 9.78 Å². The van der Waals surface area contributed by atoms with E-state index >= 15 is 0 Å². The Kier molecular flexibility index (Phi) is 9.29. The Morgan fingerprint density at radius 3 is 2.44 bits per heavy atom. The summed E-state index contributed by atoms with van der Waals surface area (Å²) in [6.07, 6.45) is 8.22. The Bertz CT molecular complexity index is 1500. The van der Waals surface area contributed by atoms with E-state index in [1.54, 1.807) is 6.92 Å². The van der Waals surface area contributed by atoms with Gasteiger partial charge in [0.25, 0.3) is 0 Å². The number of esters is 1. The number of nitrogens with zero attached hydrogens (tertiary/aromatic N) is 4. The predicted molar refractivity (Wildman–Crippen MR) is 154 cm³/mol. The second-order valence-electron chi connectivity index (χ2n) is 8.67. The summed E-state index contributed by atoms with van der Waals surface area (Å²) in [5.41, 5.74) is 3.84. The molecule has 0 saturated heterocycles. The average Bonchev–Trinajstić information content (AvgIpc) is 3.36. The van der Waals surface area contributed by atoms with Gasteiger partial charge in [-0.05, 0) is 67.5 Å². The SMILES string of the molecule is CCOC(=O)/C(=C1/C=C(C)OC(C=Cc2ccc(N(CCC#N)CCC#N)cc2)=C1)c1nc2ccccc2s1. The standard InChI is InChI=1S/C31H28N4O3S/c1-3-37-31(36)29(30-34-27-8-4-5-9-28(27)39-30)24-20-22(2)38-26(21-24)15-12-23-10-13-25(14-11-23)35(18-6-16-32)19-7-17-33/h4-5,8-15,20-21H,3,6-7,18-19H2,1-2H3/b15-12?,29-24-. The summed E-state index contributed by atoms with van der Waals surface area (Å²) in [6, 6.07) is 20.0. The lowest BCUT2D eigenvalue weighted by atomic mass is 10.0. The number of ether oxygens (including phenoxy) is 2. The third kappa shape index (κ3) is 7.01. The highest BCUT2D eigenvalue weighted by Crippen LogP contribution is 2.33. The van der Waals surface area contributed by atoms with Crippen molar-refractivity contribution in [2.75, 3.05) is 24.6 Å². The van der Waals surface area contributed by atoms with Crippen LogP contribution in [-0.4, -0.2) is 30.6 Å². The zero-order chi connectivity index (χ0) is 27.6. The molecule has 196 valence electrons. The molecule has 8 heteroatoms. The Morgan fingerprint density at radius 1 is 1.05 bits per heavy atom. The summed E-state index contributed by atoms with van der Waals surface area (Å²) in [5, 5.41) is 18.5. The third-order valence-electron chi connectivity index (χ3n) is 5.90. The third-order valence-corrected chi connectivity index (χ3v) is 6.95. The van der Waals surface area contributed by atoms with Crippen molar-refractivity contribution in [3.8, 4) is 12.1 Å². The van der Waals surface area contributed by atoms with Gasteiger partial charge in [-0.15, -0.1) is 11.3 Å². The van der Waals surface area contributed by atoms with Crippen molar-refractivity contribution in [3.63, 3.8) is 0 Å². The van der Waals surface area contributed by atoms with Crippen molar-refractivity contribution in [1.82, 2.24) is 4.98 Å². The number of carbonyl (C=O) groups is 1. The summed E-state index contributed by atoms with van der Waals surface area (Å²) < 4.78 is 12.3. The molecule has 0 saturated carbocycles. The van der Waals surface area contributed by atoms with Crippen LogP contribution >= 0.6 is 11.3 Å². The summed E-state index contributed by atoms with van der Waals surface area (Å²) in [5.74, 6) is 0.808. The molecular formula is C31H28N4O3S. The van der Waals surface area contributed by atoms with Gasteiger partial charge < -0.3 is 14.4 Å². The number of anilines is 1. The number of fused-ring (bicyclic) bond motifs is 1. The van der Waals surface area contributed by atoms with Crippen LogP contribution in [0.15, 0.2) is 83.9 Å². The lowest BCUT2D eigenvalue weighted by Crippen LogP contribution is -2.25. The number of rotatable bonds is 10. The minimum absolute atomic E-state index is 0.261. The molecule has 2 heterocycles. The van der Waals surface area contributed by atoms with Crippen LogP contribution in [0.3, 0.4) is 0 Å². The van der Waals surface area contributed by atoms with Crippen molar-refractivity contribution in [2.24, 2.45) is 0 Å². The monoisotopic (exact) mass is 536 g/mol. The number of carbonyl (C=O) groups excluding carboxylic acids is 1. The molecule has 0 spiro atoms. The van der Waals surface area contributed by atoms with Gasteiger partial charge in [-0.1, -0.05) is 30.3 Å². The number of nitriles is 2. The van der Waals surface area contributed by atoms with Crippen LogP contribution in [0.1, 0.15) is 37.3 Å². The van der Waals surface area contributed by atoms with Crippen molar-refractivity contribution in [2.45, 2.75) is 26.7 Å². The molecule has 0 aliphatic carbocycles. The van der Waals surface area contributed by atoms with E-state index in [1.165, 1.54) is 11.3 Å². The first kappa shape index (κ1) is 27.4. The van der Waals surface area contributed by atoms with Crippen LogP contribution in [0.2, 0.25) is 0 Å². The highest BCUT2D eigenvalue weighted by atomic mass is 32.1. The fraction of sp³-hybridized carbons (Fsp3) is 0.226. The van der Waals surface area contributed by atoms with Gasteiger partial charge in [-0.2, -0.15) is 10.5 Å². The fourth-order valence-corrected chi connectivity index (χ4v) is 5.13. The molecule has 2 aromatic carbocycles. The number of hydrogen-bond acceptors (Lipinski definition) is 8. The molecule has 1 aliphatic heterocycles. The molecule has 3 aromatic rings. The van der Waals surface area contributed by atoms with Gasteiger partial charge in [0.05, 0.1) is 41.8 Å². The van der Waals surface area contributed by atoms with Gasteiger partial charge in [-0.3, -0.25) is 0 Å². The van der Waals surface area contributed by atoms with Gasteiger partial charge in [0.1, 0.15) is 22.1 Å². The smallest absolute Gasteiger partial charge is 0.341 e. The fourth-order valence-electron chi connectivity index (χ4n) is 4.11. The van der Waals surface area contributed by atoms with E-state index in [0.717, 1.165) is 21.5 Å². The van der Waals surface area contributed by atoms with Crippen molar-refractivity contribution in [1.29, 1.82) is 10.5 Å². The second kappa shape index (κ2) is 13.2. The molecule has 1 aromatic heterocycles. The molecule has 7 nitrogen and oxygen atoms in total.